The Morgan fingerprint density at radius 3 is 2.36 bits per heavy atom. The first kappa shape index (κ1) is 21.5. The van der Waals surface area contributed by atoms with E-state index in [1.54, 1.807) is 49.9 Å². The molecule has 0 unspecified atom stereocenters. The number of hydrogen-bond acceptors (Lipinski definition) is 5. The van der Waals surface area contributed by atoms with Gasteiger partial charge < -0.3 is 25.9 Å². The van der Waals surface area contributed by atoms with Crippen LogP contribution in [0.4, 0.5) is 4.79 Å². The van der Waals surface area contributed by atoms with Gasteiger partial charge in [-0.3, -0.25) is 4.79 Å². The molecule has 28 heavy (non-hydrogen) atoms. The van der Waals surface area contributed by atoms with Crippen LogP contribution in [0.25, 0.3) is 0 Å². The number of carbonyl (C=O) groups is 2. The Kier molecular flexibility index (Phi) is 7.25. The van der Waals surface area contributed by atoms with Crippen molar-refractivity contribution in [3.63, 3.8) is 0 Å². The van der Waals surface area contributed by atoms with Crippen molar-refractivity contribution in [2.75, 3.05) is 13.1 Å². The highest BCUT2D eigenvalue weighted by Gasteiger charge is 2.29. The van der Waals surface area contributed by atoms with Gasteiger partial charge in [0, 0.05) is 25.1 Å². The number of nitrogens with zero attached hydrogens (tertiary/aromatic N) is 2. The number of hydrogen-bond donors (Lipinski definition) is 3. The first-order chi connectivity index (χ1) is 13.2. The molecular formula is C20H30N4O4. The quantitative estimate of drug-likeness (QED) is 0.308. The topological polar surface area (TPSA) is 117 Å². The van der Waals surface area contributed by atoms with Crippen molar-refractivity contribution in [2.24, 2.45) is 10.9 Å². The average Bonchev–Trinajstić information content (AvgIpc) is 2.66. The summed E-state index contributed by atoms with van der Waals surface area (Å²) in [4.78, 5) is 27.1. The van der Waals surface area contributed by atoms with Crippen molar-refractivity contribution in [1.82, 2.24) is 10.2 Å². The summed E-state index contributed by atoms with van der Waals surface area (Å²) >= 11 is 0. The fourth-order valence-corrected chi connectivity index (χ4v) is 3.09. The molecule has 0 saturated carbocycles. The number of likely N-dealkylation sites (tertiary alicyclic amines) is 1. The number of carbonyl (C=O) groups excluding carboxylic acids is 2. The van der Waals surface area contributed by atoms with Gasteiger partial charge in [0.25, 0.3) is 0 Å². The maximum atomic E-state index is 13.0. The Morgan fingerprint density at radius 1 is 1.21 bits per heavy atom. The molecule has 1 aromatic rings. The van der Waals surface area contributed by atoms with E-state index in [4.69, 9.17) is 15.7 Å². The molecule has 0 aliphatic carbocycles. The van der Waals surface area contributed by atoms with Gasteiger partial charge in [-0.1, -0.05) is 29.4 Å². The molecule has 1 aliphatic heterocycles. The van der Waals surface area contributed by atoms with E-state index in [0.29, 0.717) is 25.1 Å². The molecule has 154 valence electrons. The zero-order chi connectivity index (χ0) is 20.7. The molecule has 0 aromatic heterocycles. The van der Waals surface area contributed by atoms with Gasteiger partial charge in [0.2, 0.25) is 5.91 Å². The lowest BCUT2D eigenvalue weighted by Gasteiger charge is -2.31. The standard InChI is InChI=1S/C20H30N4O4/c1-20(2,3)28-19(26)22-16(18(25)24-11-5-4-6-12-24)13-14-7-9-15(10-8-14)17(21)23-27/h7-10,16,27H,4-6,11-13H2,1-3H3,(H2,21,23)(H,22,26)/t16-/m1/s1. The highest BCUT2D eigenvalue weighted by Crippen LogP contribution is 2.14. The van der Waals surface area contributed by atoms with Crippen molar-refractivity contribution < 1.29 is 19.5 Å². The number of amides is 2. The van der Waals surface area contributed by atoms with E-state index in [2.05, 4.69) is 10.5 Å². The highest BCUT2D eigenvalue weighted by molar-refractivity contribution is 5.97. The molecule has 8 heteroatoms. The lowest BCUT2D eigenvalue weighted by atomic mass is 10.0. The van der Waals surface area contributed by atoms with Crippen LogP contribution in [-0.2, 0) is 16.0 Å². The number of ether oxygens (including phenoxy) is 1. The van der Waals surface area contributed by atoms with Gasteiger partial charge in [0.1, 0.15) is 11.6 Å². The van der Waals surface area contributed by atoms with Crippen LogP contribution >= 0.6 is 0 Å². The van der Waals surface area contributed by atoms with Gasteiger partial charge in [-0.15, -0.1) is 0 Å². The molecule has 1 saturated heterocycles. The van der Waals surface area contributed by atoms with Gasteiger partial charge in [-0.25, -0.2) is 4.79 Å². The van der Waals surface area contributed by atoms with E-state index in [-0.39, 0.29) is 11.7 Å². The lowest BCUT2D eigenvalue weighted by Crippen LogP contribution is -2.51. The van der Waals surface area contributed by atoms with Crippen LogP contribution in [0.1, 0.15) is 51.2 Å². The third-order valence-corrected chi connectivity index (χ3v) is 4.45. The van der Waals surface area contributed by atoms with E-state index < -0.39 is 17.7 Å². The molecule has 0 spiro atoms. The number of amidine groups is 1. The minimum atomic E-state index is -0.720. The maximum Gasteiger partial charge on any atom is 0.408 e. The number of nitrogens with two attached hydrogens (primary N) is 1. The predicted molar refractivity (Wildman–Crippen MR) is 106 cm³/mol. The summed E-state index contributed by atoms with van der Waals surface area (Å²) in [5.74, 6) is -0.0922. The molecule has 1 aliphatic rings. The summed E-state index contributed by atoms with van der Waals surface area (Å²) < 4.78 is 5.33. The molecule has 1 aromatic carbocycles. The molecule has 4 N–H and O–H groups in total. The predicted octanol–water partition coefficient (Wildman–Crippen LogP) is 2.23. The van der Waals surface area contributed by atoms with Gasteiger partial charge >= 0.3 is 6.09 Å². The normalized spacial score (nSPS) is 16.4. The number of piperidine rings is 1. The van der Waals surface area contributed by atoms with Crippen LogP contribution in [0.2, 0.25) is 0 Å². The van der Waals surface area contributed by atoms with Crippen LogP contribution < -0.4 is 11.1 Å². The van der Waals surface area contributed by atoms with E-state index in [1.807, 2.05) is 0 Å². The third kappa shape index (κ3) is 6.44. The summed E-state index contributed by atoms with van der Waals surface area (Å²) in [6.07, 6.45) is 2.77. The highest BCUT2D eigenvalue weighted by atomic mass is 16.6. The molecular weight excluding hydrogens is 360 g/mol. The van der Waals surface area contributed by atoms with Crippen LogP contribution in [-0.4, -0.2) is 52.7 Å². The number of rotatable bonds is 5. The average molecular weight is 390 g/mol. The smallest absolute Gasteiger partial charge is 0.408 e. The van der Waals surface area contributed by atoms with Gasteiger partial charge in [0.05, 0.1) is 0 Å². The summed E-state index contributed by atoms with van der Waals surface area (Å²) in [7, 11) is 0. The second-order valence-electron chi connectivity index (χ2n) is 7.97. The van der Waals surface area contributed by atoms with Gasteiger partial charge in [-0.2, -0.15) is 0 Å². The van der Waals surface area contributed by atoms with Crippen molar-refractivity contribution in [3.8, 4) is 0 Å². The van der Waals surface area contributed by atoms with E-state index >= 15 is 0 Å². The molecule has 0 bridgehead atoms. The van der Waals surface area contributed by atoms with Gasteiger partial charge in [0.15, 0.2) is 5.84 Å². The molecule has 1 fully saturated rings. The van der Waals surface area contributed by atoms with Crippen molar-refractivity contribution in [1.29, 1.82) is 0 Å². The zero-order valence-corrected chi connectivity index (χ0v) is 16.8. The Balaban J connectivity index is 2.14. The minimum absolute atomic E-state index is 0.0133. The Bertz CT molecular complexity index is 704. The second kappa shape index (κ2) is 9.43. The number of benzene rings is 1. The Labute approximate surface area is 165 Å². The lowest BCUT2D eigenvalue weighted by molar-refractivity contribution is -0.134. The number of oxime groups is 1. The van der Waals surface area contributed by atoms with Crippen LogP contribution in [0.5, 0.6) is 0 Å². The molecule has 1 atom stereocenters. The summed E-state index contributed by atoms with van der Waals surface area (Å²) in [5.41, 5.74) is 6.36. The first-order valence-electron chi connectivity index (χ1n) is 9.55. The number of nitrogens with one attached hydrogen (secondary N) is 1. The van der Waals surface area contributed by atoms with Crippen LogP contribution in [0, 0.1) is 0 Å². The van der Waals surface area contributed by atoms with Crippen LogP contribution in [0.15, 0.2) is 29.4 Å². The van der Waals surface area contributed by atoms with E-state index in [9.17, 15) is 9.59 Å². The van der Waals surface area contributed by atoms with E-state index in [1.165, 1.54) is 0 Å². The summed E-state index contributed by atoms with van der Waals surface area (Å²) in [6, 6.07) is 6.28. The van der Waals surface area contributed by atoms with Crippen molar-refractivity contribution >= 4 is 17.8 Å². The first-order valence-corrected chi connectivity index (χ1v) is 9.55. The Hall–Kier alpha value is -2.77. The third-order valence-electron chi connectivity index (χ3n) is 4.45. The SMILES string of the molecule is CC(C)(C)OC(=O)N[C@H](Cc1ccc(/C(N)=N/O)cc1)C(=O)N1CCCCC1. The van der Waals surface area contributed by atoms with Crippen LogP contribution in [0.3, 0.4) is 0 Å². The molecule has 0 radical (unpaired) electrons. The molecule has 2 rings (SSSR count). The molecule has 8 nitrogen and oxygen atoms in total. The summed E-state index contributed by atoms with van der Waals surface area (Å²) in [5, 5.41) is 14.5. The largest absolute Gasteiger partial charge is 0.444 e. The molecule has 2 amide bonds. The Morgan fingerprint density at radius 2 is 1.82 bits per heavy atom. The van der Waals surface area contributed by atoms with Crippen molar-refractivity contribution in [3.05, 3.63) is 35.4 Å². The molecule has 1 heterocycles. The second-order valence-corrected chi connectivity index (χ2v) is 7.97. The fourth-order valence-electron chi connectivity index (χ4n) is 3.09. The maximum absolute atomic E-state index is 13.0. The van der Waals surface area contributed by atoms with E-state index in [0.717, 1.165) is 24.8 Å². The zero-order valence-electron chi connectivity index (χ0n) is 16.8. The fraction of sp³-hybridized carbons (Fsp3) is 0.550. The monoisotopic (exact) mass is 390 g/mol. The van der Waals surface area contributed by atoms with Crippen molar-refractivity contribution in [2.45, 2.75) is 58.1 Å². The number of alkyl carbamates (subject to hydrolysis) is 1. The minimum Gasteiger partial charge on any atom is -0.444 e. The summed E-state index contributed by atoms with van der Waals surface area (Å²) in [6.45, 7) is 6.74. The van der Waals surface area contributed by atoms with Gasteiger partial charge in [-0.05, 0) is 45.6 Å².